The second-order valence-electron chi connectivity index (χ2n) is 6.66. The van der Waals surface area contributed by atoms with Crippen LogP contribution in [0.4, 0.5) is 4.39 Å². The van der Waals surface area contributed by atoms with Crippen LogP contribution in [0.1, 0.15) is 35.2 Å². The average molecular weight is 306 g/mol. The molecule has 1 spiro atoms. The van der Waals surface area contributed by atoms with Crippen LogP contribution in [0.5, 0.6) is 0 Å². The van der Waals surface area contributed by atoms with Crippen molar-refractivity contribution in [2.24, 2.45) is 5.41 Å². The van der Waals surface area contributed by atoms with Crippen molar-refractivity contribution in [3.63, 3.8) is 0 Å². The zero-order valence-electron chi connectivity index (χ0n) is 12.9. The van der Waals surface area contributed by atoms with E-state index in [0.717, 1.165) is 24.9 Å². The summed E-state index contributed by atoms with van der Waals surface area (Å²) in [5.41, 5.74) is 0.643. The second kappa shape index (κ2) is 5.97. The molecule has 22 heavy (non-hydrogen) atoms. The molecule has 1 aromatic carbocycles. The van der Waals surface area contributed by atoms with Gasteiger partial charge in [0.2, 0.25) is 0 Å². The maximum atomic E-state index is 14.1. The van der Waals surface area contributed by atoms with Gasteiger partial charge in [-0.1, -0.05) is 6.07 Å². The minimum atomic E-state index is -0.466. The summed E-state index contributed by atoms with van der Waals surface area (Å²) < 4.78 is 14.1. The van der Waals surface area contributed by atoms with Gasteiger partial charge in [-0.25, -0.2) is 4.39 Å². The summed E-state index contributed by atoms with van der Waals surface area (Å²) in [5.74, 6) is -0.735. The number of carbonyl (C=O) groups excluding carboxylic acids is 1. The number of rotatable bonds is 1. The van der Waals surface area contributed by atoms with Crippen LogP contribution in [0, 0.1) is 18.2 Å². The molecule has 3 rings (SSSR count). The van der Waals surface area contributed by atoms with Gasteiger partial charge in [0, 0.05) is 25.0 Å². The summed E-state index contributed by atoms with van der Waals surface area (Å²) in [6.45, 7) is 4.45. The van der Waals surface area contributed by atoms with E-state index < -0.39 is 11.9 Å². The monoisotopic (exact) mass is 306 g/mol. The van der Waals surface area contributed by atoms with Crippen molar-refractivity contribution in [3.05, 3.63) is 35.1 Å². The molecule has 0 aromatic heterocycles. The molecule has 0 saturated carbocycles. The Bertz CT molecular complexity index is 574. The van der Waals surface area contributed by atoms with Crippen LogP contribution in [0.3, 0.4) is 0 Å². The Morgan fingerprint density at radius 2 is 2.32 bits per heavy atom. The number of amides is 1. The molecule has 2 saturated heterocycles. The van der Waals surface area contributed by atoms with E-state index in [1.54, 1.807) is 24.0 Å². The van der Waals surface area contributed by atoms with Crippen molar-refractivity contribution >= 4 is 5.91 Å². The highest BCUT2D eigenvalue weighted by Gasteiger charge is 2.44. The molecule has 0 unspecified atom stereocenters. The number of piperidine rings is 2. The van der Waals surface area contributed by atoms with Gasteiger partial charge in [0.1, 0.15) is 5.82 Å². The molecular formula is C17H23FN2O2. The van der Waals surface area contributed by atoms with Gasteiger partial charge in [-0.05, 0) is 50.4 Å². The number of aliphatic hydroxyl groups is 1. The molecule has 0 radical (unpaired) electrons. The van der Waals surface area contributed by atoms with Crippen LogP contribution in [-0.4, -0.2) is 48.2 Å². The quantitative estimate of drug-likeness (QED) is 0.830. The highest BCUT2D eigenvalue weighted by atomic mass is 19.1. The molecule has 2 aliphatic heterocycles. The van der Waals surface area contributed by atoms with E-state index >= 15 is 0 Å². The largest absolute Gasteiger partial charge is 0.392 e. The molecule has 0 aliphatic carbocycles. The first-order chi connectivity index (χ1) is 10.5. The van der Waals surface area contributed by atoms with E-state index in [-0.39, 0.29) is 16.9 Å². The number of hydrogen-bond donors (Lipinski definition) is 2. The van der Waals surface area contributed by atoms with Crippen LogP contribution in [0.15, 0.2) is 18.2 Å². The van der Waals surface area contributed by atoms with Gasteiger partial charge < -0.3 is 15.3 Å². The van der Waals surface area contributed by atoms with Crippen molar-refractivity contribution in [2.75, 3.05) is 26.2 Å². The first-order valence-corrected chi connectivity index (χ1v) is 7.96. The van der Waals surface area contributed by atoms with E-state index in [4.69, 9.17) is 0 Å². The molecule has 1 amide bonds. The van der Waals surface area contributed by atoms with Crippen LogP contribution in [0.25, 0.3) is 0 Å². The Hall–Kier alpha value is -1.46. The number of carbonyl (C=O) groups is 1. The van der Waals surface area contributed by atoms with Crippen molar-refractivity contribution in [2.45, 2.75) is 32.3 Å². The van der Waals surface area contributed by atoms with Gasteiger partial charge in [0.25, 0.3) is 5.91 Å². The van der Waals surface area contributed by atoms with Crippen molar-refractivity contribution in [1.82, 2.24) is 10.2 Å². The van der Waals surface area contributed by atoms with Gasteiger partial charge in [0.05, 0.1) is 11.7 Å². The lowest BCUT2D eigenvalue weighted by molar-refractivity contribution is -0.0433. The maximum absolute atomic E-state index is 14.1. The fourth-order valence-electron chi connectivity index (χ4n) is 3.71. The summed E-state index contributed by atoms with van der Waals surface area (Å²) in [7, 11) is 0. The fourth-order valence-corrected chi connectivity index (χ4v) is 3.71. The molecule has 1 aromatic rings. The average Bonchev–Trinajstić information content (AvgIpc) is 2.50. The molecule has 2 atom stereocenters. The Morgan fingerprint density at radius 3 is 3.05 bits per heavy atom. The third-order valence-corrected chi connectivity index (χ3v) is 5.03. The molecule has 2 fully saturated rings. The number of benzene rings is 1. The second-order valence-corrected chi connectivity index (χ2v) is 6.66. The fraction of sp³-hybridized carbons (Fsp3) is 0.588. The highest BCUT2D eigenvalue weighted by molar-refractivity contribution is 5.94. The summed E-state index contributed by atoms with van der Waals surface area (Å²) in [4.78, 5) is 14.4. The third-order valence-electron chi connectivity index (χ3n) is 5.03. The number of halogens is 1. The summed E-state index contributed by atoms with van der Waals surface area (Å²) in [6, 6.07) is 4.71. The maximum Gasteiger partial charge on any atom is 0.256 e. The predicted octanol–water partition coefficient (Wildman–Crippen LogP) is 1.71. The number of nitrogens with zero attached hydrogens (tertiary/aromatic N) is 1. The van der Waals surface area contributed by atoms with Gasteiger partial charge in [-0.3, -0.25) is 4.79 Å². The Labute approximate surface area is 130 Å². The van der Waals surface area contributed by atoms with E-state index in [9.17, 15) is 14.3 Å². The Morgan fingerprint density at radius 1 is 1.50 bits per heavy atom. The molecule has 2 N–H and O–H groups in total. The molecule has 2 heterocycles. The Balaban J connectivity index is 1.80. The first-order valence-electron chi connectivity index (χ1n) is 7.96. The van der Waals surface area contributed by atoms with Gasteiger partial charge >= 0.3 is 0 Å². The topological polar surface area (TPSA) is 52.6 Å². The van der Waals surface area contributed by atoms with Crippen LogP contribution in [-0.2, 0) is 0 Å². The van der Waals surface area contributed by atoms with Gasteiger partial charge in [0.15, 0.2) is 0 Å². The number of hydrogen-bond acceptors (Lipinski definition) is 3. The SMILES string of the molecule is Cc1ccc(C(=O)N2CCC[C@]3(CNCC[C@@H]3O)C2)c(F)c1. The highest BCUT2D eigenvalue weighted by Crippen LogP contribution is 2.36. The number of aliphatic hydroxyl groups excluding tert-OH is 1. The lowest BCUT2D eigenvalue weighted by Gasteiger charge is -2.48. The number of likely N-dealkylation sites (tertiary alicyclic amines) is 1. The molecule has 120 valence electrons. The first kappa shape index (κ1) is 15.4. The van der Waals surface area contributed by atoms with Gasteiger partial charge in [-0.2, -0.15) is 0 Å². The summed E-state index contributed by atoms with van der Waals surface area (Å²) >= 11 is 0. The normalized spacial score (nSPS) is 28.9. The molecule has 4 nitrogen and oxygen atoms in total. The van der Waals surface area contributed by atoms with Gasteiger partial charge in [-0.15, -0.1) is 0 Å². The molecule has 2 aliphatic rings. The predicted molar refractivity (Wildman–Crippen MR) is 82.2 cm³/mol. The van der Waals surface area contributed by atoms with Crippen LogP contribution >= 0.6 is 0 Å². The summed E-state index contributed by atoms with van der Waals surface area (Å²) in [6.07, 6.45) is 2.06. The summed E-state index contributed by atoms with van der Waals surface area (Å²) in [5, 5.41) is 13.7. The third kappa shape index (κ3) is 2.75. The van der Waals surface area contributed by atoms with E-state index in [1.807, 2.05) is 0 Å². The lowest BCUT2D eigenvalue weighted by Crippen LogP contribution is -2.58. The lowest BCUT2D eigenvalue weighted by atomic mass is 9.72. The van der Waals surface area contributed by atoms with Crippen molar-refractivity contribution in [1.29, 1.82) is 0 Å². The number of aryl methyl sites for hydroxylation is 1. The molecule has 5 heteroatoms. The zero-order chi connectivity index (χ0) is 15.7. The van der Waals surface area contributed by atoms with E-state index in [2.05, 4.69) is 5.32 Å². The van der Waals surface area contributed by atoms with Crippen LogP contribution < -0.4 is 5.32 Å². The number of nitrogens with one attached hydrogen (secondary N) is 1. The minimum Gasteiger partial charge on any atom is -0.392 e. The van der Waals surface area contributed by atoms with E-state index in [1.165, 1.54) is 6.07 Å². The van der Waals surface area contributed by atoms with Crippen molar-refractivity contribution in [3.8, 4) is 0 Å². The van der Waals surface area contributed by atoms with E-state index in [0.29, 0.717) is 26.1 Å². The Kier molecular flexibility index (Phi) is 4.19. The molecular weight excluding hydrogens is 283 g/mol. The zero-order valence-corrected chi connectivity index (χ0v) is 12.9. The van der Waals surface area contributed by atoms with Crippen molar-refractivity contribution < 1.29 is 14.3 Å². The van der Waals surface area contributed by atoms with Crippen LogP contribution in [0.2, 0.25) is 0 Å². The molecule has 0 bridgehead atoms. The smallest absolute Gasteiger partial charge is 0.256 e. The standard InChI is InChI=1S/C17H23FN2O2/c1-12-3-4-13(14(18)9-12)16(22)20-8-2-6-17(11-20)10-19-7-5-15(17)21/h3-4,9,15,19,21H,2,5-8,10-11H2,1H3/t15-,17-/m0/s1. The minimum absolute atomic E-state index is 0.126.